The molecule has 1 aliphatic heterocycles. The van der Waals surface area contributed by atoms with Gasteiger partial charge < -0.3 is 9.15 Å². The van der Waals surface area contributed by atoms with Crippen LogP contribution in [0, 0.1) is 0 Å². The van der Waals surface area contributed by atoms with Gasteiger partial charge >= 0.3 is 5.97 Å². The number of hydrogen-bond donors (Lipinski definition) is 1. The molecule has 1 aromatic carbocycles. The number of aliphatic imine (C=N–C) groups is 1. The van der Waals surface area contributed by atoms with Crippen LogP contribution in [-0.4, -0.2) is 29.9 Å². The van der Waals surface area contributed by atoms with Crippen molar-refractivity contribution in [3.63, 3.8) is 0 Å². The lowest BCUT2D eigenvalue weighted by Crippen LogP contribution is -2.17. The maximum absolute atomic E-state index is 11.6. The third kappa shape index (κ3) is 4.28. The quantitative estimate of drug-likeness (QED) is 0.491. The van der Waals surface area contributed by atoms with Crippen molar-refractivity contribution in [3.8, 4) is 0 Å². The zero-order valence-electron chi connectivity index (χ0n) is 13.7. The van der Waals surface area contributed by atoms with Crippen LogP contribution >= 0.6 is 11.8 Å². The van der Waals surface area contributed by atoms with Crippen LogP contribution in [0.25, 0.3) is 6.08 Å². The normalized spacial score (nSPS) is 15.7. The Bertz CT molecular complexity index is 912. The van der Waals surface area contributed by atoms with Crippen LogP contribution in [0.5, 0.6) is 0 Å². The smallest absolute Gasteiger partial charge is 0.338 e. The monoisotopic (exact) mass is 370 g/mol. The van der Waals surface area contributed by atoms with Crippen molar-refractivity contribution < 1.29 is 23.5 Å². The van der Waals surface area contributed by atoms with Crippen molar-refractivity contribution >= 4 is 46.9 Å². The average molecular weight is 370 g/mol. The van der Waals surface area contributed by atoms with Crippen molar-refractivity contribution in [2.24, 2.45) is 4.99 Å². The number of hydrogen-bond acceptors (Lipinski definition) is 7. The minimum atomic E-state index is -0.437. The first-order valence-corrected chi connectivity index (χ1v) is 8.53. The number of nitrogens with zero attached hydrogens (tertiary/aromatic N) is 1. The summed E-state index contributed by atoms with van der Waals surface area (Å²) in [4.78, 5) is 38.8. The van der Waals surface area contributed by atoms with Crippen LogP contribution in [0.1, 0.15) is 28.8 Å². The van der Waals surface area contributed by atoms with E-state index in [0.717, 1.165) is 11.8 Å². The molecular formula is C18H14N2O5S. The molecule has 26 heavy (non-hydrogen) atoms. The fraction of sp³-hybridized carbons (Fsp3) is 0.111. The molecule has 132 valence electrons. The maximum Gasteiger partial charge on any atom is 0.338 e. The molecule has 0 radical (unpaired) electrons. The minimum Gasteiger partial charge on any atom is -0.462 e. The van der Waals surface area contributed by atoms with E-state index in [1.54, 1.807) is 43.3 Å². The number of ether oxygens (including phenoxy) is 1. The molecule has 0 spiro atoms. The maximum atomic E-state index is 11.6. The molecule has 0 aliphatic carbocycles. The van der Waals surface area contributed by atoms with Crippen molar-refractivity contribution in [2.75, 3.05) is 6.61 Å². The Hall–Kier alpha value is -3.13. The van der Waals surface area contributed by atoms with Crippen LogP contribution in [-0.2, 0) is 9.53 Å². The minimum absolute atomic E-state index is 0.280. The molecule has 1 N–H and O–H groups in total. The van der Waals surface area contributed by atoms with Gasteiger partial charge in [0.1, 0.15) is 11.5 Å². The lowest BCUT2D eigenvalue weighted by atomic mass is 10.2. The average Bonchev–Trinajstić information content (AvgIpc) is 3.20. The predicted molar refractivity (Wildman–Crippen MR) is 97.5 cm³/mol. The van der Waals surface area contributed by atoms with Gasteiger partial charge in [-0.1, -0.05) is 0 Å². The number of carbonyl (C=O) groups excluding carboxylic acids is 3. The van der Waals surface area contributed by atoms with Gasteiger partial charge in [0.25, 0.3) is 11.1 Å². The Kier molecular flexibility index (Phi) is 5.33. The Labute approximate surface area is 153 Å². The second-order valence-electron chi connectivity index (χ2n) is 5.12. The molecule has 0 atom stereocenters. The fourth-order valence-electron chi connectivity index (χ4n) is 2.10. The van der Waals surface area contributed by atoms with Crippen LogP contribution in [0.15, 0.2) is 50.7 Å². The van der Waals surface area contributed by atoms with Crippen molar-refractivity contribution in [1.29, 1.82) is 0 Å². The van der Waals surface area contributed by atoms with Crippen molar-refractivity contribution in [3.05, 3.63) is 58.4 Å². The number of amides is 2. The third-order valence-electron chi connectivity index (χ3n) is 3.28. The van der Waals surface area contributed by atoms with Gasteiger partial charge in [-0.15, -0.1) is 0 Å². The second kappa shape index (κ2) is 7.83. The molecule has 2 heterocycles. The van der Waals surface area contributed by atoms with Crippen LogP contribution in [0.2, 0.25) is 0 Å². The molecule has 8 heteroatoms. The highest BCUT2D eigenvalue weighted by Gasteiger charge is 2.25. The van der Waals surface area contributed by atoms with Gasteiger partial charge in [0, 0.05) is 6.08 Å². The molecule has 7 nitrogen and oxygen atoms in total. The number of imide groups is 1. The van der Waals surface area contributed by atoms with Gasteiger partial charge in [0.2, 0.25) is 0 Å². The third-order valence-corrected chi connectivity index (χ3v) is 4.09. The zero-order valence-corrected chi connectivity index (χ0v) is 14.5. The summed E-state index contributed by atoms with van der Waals surface area (Å²) in [7, 11) is 0. The first-order valence-electron chi connectivity index (χ1n) is 7.71. The molecule has 0 bridgehead atoms. The van der Waals surface area contributed by atoms with Gasteiger partial charge in [-0.3, -0.25) is 19.9 Å². The molecule has 1 aromatic heterocycles. The summed E-state index contributed by atoms with van der Waals surface area (Å²) >= 11 is 0.825. The molecule has 1 aliphatic rings. The van der Waals surface area contributed by atoms with E-state index in [-0.39, 0.29) is 10.9 Å². The van der Waals surface area contributed by atoms with Gasteiger partial charge in [-0.25, -0.2) is 4.79 Å². The first kappa shape index (κ1) is 17.7. The second-order valence-corrected chi connectivity index (χ2v) is 6.13. The standard InChI is InChI=1S/C18H14N2O5S/c1-2-24-17(22)11-3-5-12(6-4-11)19-10-14-8-7-13(25-14)9-15-16(21)20-18(23)26-15/h3-10H,2H2,1H3,(H,20,21,23). The zero-order chi connectivity index (χ0) is 18.5. The molecular weight excluding hydrogens is 356 g/mol. The van der Waals surface area contributed by atoms with Crippen LogP contribution in [0.4, 0.5) is 10.5 Å². The van der Waals surface area contributed by atoms with Gasteiger partial charge in [-0.2, -0.15) is 0 Å². The Morgan fingerprint density at radius 3 is 2.58 bits per heavy atom. The predicted octanol–water partition coefficient (Wildman–Crippen LogP) is 3.53. The molecule has 1 saturated heterocycles. The van der Waals surface area contributed by atoms with E-state index in [1.807, 2.05) is 0 Å². The summed E-state index contributed by atoms with van der Waals surface area (Å²) in [6.45, 7) is 2.07. The number of thioether (sulfide) groups is 1. The lowest BCUT2D eigenvalue weighted by molar-refractivity contribution is -0.115. The fourth-order valence-corrected chi connectivity index (χ4v) is 2.76. The van der Waals surface area contributed by atoms with E-state index < -0.39 is 11.1 Å². The first-order chi connectivity index (χ1) is 12.5. The van der Waals surface area contributed by atoms with Crippen molar-refractivity contribution in [2.45, 2.75) is 6.92 Å². The molecule has 1 fully saturated rings. The number of rotatable bonds is 5. The number of esters is 1. The van der Waals surface area contributed by atoms with Crippen LogP contribution < -0.4 is 5.32 Å². The Balaban J connectivity index is 1.67. The van der Waals surface area contributed by atoms with E-state index in [9.17, 15) is 14.4 Å². The largest absolute Gasteiger partial charge is 0.462 e. The molecule has 0 saturated carbocycles. The van der Waals surface area contributed by atoms with E-state index in [4.69, 9.17) is 9.15 Å². The highest BCUT2D eigenvalue weighted by Crippen LogP contribution is 2.26. The van der Waals surface area contributed by atoms with E-state index in [2.05, 4.69) is 10.3 Å². The molecule has 3 rings (SSSR count). The SMILES string of the molecule is CCOC(=O)c1ccc(N=Cc2ccc(C=C3SC(=O)NC3=O)o2)cc1. The highest BCUT2D eigenvalue weighted by molar-refractivity contribution is 8.18. The van der Waals surface area contributed by atoms with Crippen LogP contribution in [0.3, 0.4) is 0 Å². The summed E-state index contributed by atoms with van der Waals surface area (Å²) in [6, 6.07) is 10.0. The van der Waals surface area contributed by atoms with Gasteiger partial charge in [0.05, 0.1) is 29.0 Å². The number of nitrogens with one attached hydrogen (secondary N) is 1. The number of benzene rings is 1. The molecule has 2 aromatic rings. The van der Waals surface area contributed by atoms with E-state index in [0.29, 0.717) is 29.4 Å². The van der Waals surface area contributed by atoms with Gasteiger partial charge in [0.15, 0.2) is 0 Å². The van der Waals surface area contributed by atoms with Gasteiger partial charge in [-0.05, 0) is 55.1 Å². The molecule has 0 unspecified atom stereocenters. The summed E-state index contributed by atoms with van der Waals surface area (Å²) in [5.41, 5.74) is 1.10. The lowest BCUT2D eigenvalue weighted by Gasteiger charge is -2.01. The van der Waals surface area contributed by atoms with E-state index in [1.165, 1.54) is 12.3 Å². The number of carbonyl (C=O) groups is 3. The number of furan rings is 1. The summed E-state index contributed by atoms with van der Waals surface area (Å²) in [6.07, 6.45) is 3.02. The molecule has 2 amide bonds. The Morgan fingerprint density at radius 2 is 1.92 bits per heavy atom. The van der Waals surface area contributed by atoms with E-state index >= 15 is 0 Å². The van der Waals surface area contributed by atoms with Crippen molar-refractivity contribution in [1.82, 2.24) is 5.32 Å². The summed E-state index contributed by atoms with van der Waals surface area (Å²) in [5.74, 6) is 0.116. The summed E-state index contributed by atoms with van der Waals surface area (Å²) < 4.78 is 10.5. The highest BCUT2D eigenvalue weighted by atomic mass is 32.2. The topological polar surface area (TPSA) is 98.0 Å². The summed E-state index contributed by atoms with van der Waals surface area (Å²) in [5, 5.41) is 1.77. The Morgan fingerprint density at radius 1 is 1.19 bits per heavy atom.